The summed E-state index contributed by atoms with van der Waals surface area (Å²) in [6.07, 6.45) is 3.97. The van der Waals surface area contributed by atoms with Crippen molar-refractivity contribution in [3.8, 4) is 0 Å². The van der Waals surface area contributed by atoms with Gasteiger partial charge in [0.1, 0.15) is 0 Å². The van der Waals surface area contributed by atoms with E-state index >= 15 is 0 Å². The Morgan fingerprint density at radius 2 is 2.44 bits per heavy atom. The highest BCUT2D eigenvalue weighted by atomic mass is 32.1. The average molecular weight is 240 g/mol. The van der Waals surface area contributed by atoms with Gasteiger partial charge in [0, 0.05) is 24.0 Å². The zero-order valence-electron chi connectivity index (χ0n) is 9.31. The van der Waals surface area contributed by atoms with Crippen LogP contribution in [-0.4, -0.2) is 11.0 Å². The smallest absolute Gasteiger partial charge is 0.310 e. The Kier molecular flexibility index (Phi) is 3.56. The van der Waals surface area contributed by atoms with Crippen molar-refractivity contribution in [3.05, 3.63) is 27.1 Å². The number of nitrogens with one attached hydrogen (secondary N) is 1. The van der Waals surface area contributed by atoms with Crippen LogP contribution in [0.2, 0.25) is 0 Å². The third-order valence-electron chi connectivity index (χ3n) is 2.86. The molecule has 16 heavy (non-hydrogen) atoms. The first-order chi connectivity index (χ1) is 7.65. The van der Waals surface area contributed by atoms with Crippen molar-refractivity contribution in [2.75, 3.05) is 0 Å². The molecule has 4 nitrogen and oxygen atoms in total. The lowest BCUT2D eigenvalue weighted by atomic mass is 10.1. The van der Waals surface area contributed by atoms with Crippen molar-refractivity contribution in [3.63, 3.8) is 0 Å². The van der Waals surface area contributed by atoms with Gasteiger partial charge in [-0.05, 0) is 24.8 Å². The lowest BCUT2D eigenvalue weighted by Gasteiger charge is -2.11. The van der Waals surface area contributed by atoms with Gasteiger partial charge in [0.25, 0.3) is 0 Å². The first kappa shape index (κ1) is 11.5. The summed E-state index contributed by atoms with van der Waals surface area (Å²) < 4.78 is 0. The van der Waals surface area contributed by atoms with Crippen LogP contribution in [0.4, 0.5) is 5.00 Å². The van der Waals surface area contributed by atoms with E-state index < -0.39 is 0 Å². The Morgan fingerprint density at radius 3 is 3.00 bits per heavy atom. The molecule has 1 saturated carbocycles. The number of nitrogens with zero attached hydrogens (tertiary/aromatic N) is 1. The zero-order valence-corrected chi connectivity index (χ0v) is 10.1. The van der Waals surface area contributed by atoms with Crippen molar-refractivity contribution >= 4 is 16.3 Å². The van der Waals surface area contributed by atoms with E-state index in [9.17, 15) is 10.1 Å². The van der Waals surface area contributed by atoms with E-state index in [4.69, 9.17) is 0 Å². The summed E-state index contributed by atoms with van der Waals surface area (Å²) >= 11 is 1.20. The molecule has 0 aromatic carbocycles. The predicted octanol–water partition coefficient (Wildman–Crippen LogP) is 2.93. The van der Waals surface area contributed by atoms with E-state index in [1.165, 1.54) is 30.6 Å². The molecular formula is C11H16N2O2S. The van der Waals surface area contributed by atoms with Crippen LogP contribution in [0.5, 0.6) is 0 Å². The van der Waals surface area contributed by atoms with Gasteiger partial charge in [-0.25, -0.2) is 0 Å². The fraction of sp³-hybridized carbons (Fsp3) is 0.636. The molecule has 0 bridgehead atoms. The molecular weight excluding hydrogens is 224 g/mol. The van der Waals surface area contributed by atoms with Crippen LogP contribution >= 0.6 is 11.3 Å². The molecule has 0 aliphatic heterocycles. The topological polar surface area (TPSA) is 55.2 Å². The minimum Gasteiger partial charge on any atom is -0.310 e. The summed E-state index contributed by atoms with van der Waals surface area (Å²) in [5, 5.41) is 16.0. The minimum atomic E-state index is -0.332. The number of nitro groups is 1. The normalized spacial score (nSPS) is 17.3. The maximum Gasteiger partial charge on any atom is 0.324 e. The fourth-order valence-electron chi connectivity index (χ4n) is 1.78. The van der Waals surface area contributed by atoms with E-state index in [0.717, 1.165) is 18.0 Å². The summed E-state index contributed by atoms with van der Waals surface area (Å²) in [7, 11) is 0. The van der Waals surface area contributed by atoms with E-state index in [-0.39, 0.29) is 9.92 Å². The number of hydrogen-bond donors (Lipinski definition) is 1. The van der Waals surface area contributed by atoms with Crippen LogP contribution in [0.25, 0.3) is 0 Å². The van der Waals surface area contributed by atoms with Crippen LogP contribution in [0.3, 0.4) is 0 Å². The monoisotopic (exact) mass is 240 g/mol. The molecule has 1 aliphatic rings. The van der Waals surface area contributed by atoms with Crippen molar-refractivity contribution in [2.24, 2.45) is 5.92 Å². The second-order valence-electron chi connectivity index (χ2n) is 4.51. The molecule has 1 heterocycles. The largest absolute Gasteiger partial charge is 0.324 e. The van der Waals surface area contributed by atoms with Gasteiger partial charge in [-0.15, -0.1) is 0 Å². The van der Waals surface area contributed by atoms with Gasteiger partial charge >= 0.3 is 5.00 Å². The van der Waals surface area contributed by atoms with Crippen LogP contribution < -0.4 is 5.32 Å². The predicted molar refractivity (Wildman–Crippen MR) is 64.6 cm³/mol. The average Bonchev–Trinajstić information content (AvgIpc) is 2.91. The number of thiophene rings is 1. The van der Waals surface area contributed by atoms with Gasteiger partial charge in [0.2, 0.25) is 0 Å². The third-order valence-corrected chi connectivity index (χ3v) is 3.79. The van der Waals surface area contributed by atoms with Crippen LogP contribution in [0.1, 0.15) is 31.7 Å². The van der Waals surface area contributed by atoms with Crippen LogP contribution in [0, 0.1) is 16.0 Å². The Bertz CT molecular complexity index is 374. The Labute approximate surface area is 98.8 Å². The first-order valence-corrected chi connectivity index (χ1v) is 6.48. The second kappa shape index (κ2) is 4.93. The molecule has 88 valence electrons. The summed E-state index contributed by atoms with van der Waals surface area (Å²) in [6, 6.07) is 2.16. The summed E-state index contributed by atoms with van der Waals surface area (Å²) in [4.78, 5) is 10.2. The van der Waals surface area contributed by atoms with Gasteiger partial charge < -0.3 is 5.32 Å². The van der Waals surface area contributed by atoms with E-state index in [1.54, 1.807) is 6.07 Å². The molecule has 1 aromatic heterocycles. The molecule has 0 radical (unpaired) electrons. The minimum absolute atomic E-state index is 0.228. The number of rotatable bonds is 6. The SMILES string of the molecule is CC(CC1CC1)NCc1csc([N+](=O)[O-])c1. The molecule has 1 atom stereocenters. The molecule has 5 heteroatoms. The van der Waals surface area contributed by atoms with Crippen molar-refractivity contribution in [1.29, 1.82) is 0 Å². The molecule has 2 rings (SSSR count). The summed E-state index contributed by atoms with van der Waals surface area (Å²) in [6.45, 7) is 2.91. The van der Waals surface area contributed by atoms with E-state index in [2.05, 4.69) is 12.2 Å². The van der Waals surface area contributed by atoms with Crippen LogP contribution in [-0.2, 0) is 6.54 Å². The Hall–Kier alpha value is -0.940. The highest BCUT2D eigenvalue weighted by Gasteiger charge is 2.23. The Balaban J connectivity index is 1.76. The molecule has 1 fully saturated rings. The van der Waals surface area contributed by atoms with Crippen molar-refractivity contribution < 1.29 is 4.92 Å². The lowest BCUT2D eigenvalue weighted by molar-refractivity contribution is -0.380. The van der Waals surface area contributed by atoms with Gasteiger partial charge in [0.05, 0.1) is 4.92 Å². The van der Waals surface area contributed by atoms with Crippen molar-refractivity contribution in [2.45, 2.75) is 38.8 Å². The van der Waals surface area contributed by atoms with Crippen LogP contribution in [0.15, 0.2) is 11.4 Å². The molecule has 0 amide bonds. The fourth-order valence-corrected chi connectivity index (χ4v) is 2.51. The van der Waals surface area contributed by atoms with Gasteiger partial charge in [-0.1, -0.05) is 24.2 Å². The second-order valence-corrected chi connectivity index (χ2v) is 5.40. The standard InChI is InChI=1S/C11H16N2O2S/c1-8(4-9-2-3-9)12-6-10-5-11(13(14)15)16-7-10/h5,7-9,12H,2-4,6H2,1H3. The molecule has 0 spiro atoms. The summed E-state index contributed by atoms with van der Waals surface area (Å²) in [5.41, 5.74) is 1.01. The van der Waals surface area contributed by atoms with E-state index in [1.807, 2.05) is 5.38 Å². The van der Waals surface area contributed by atoms with Crippen molar-refractivity contribution in [1.82, 2.24) is 5.32 Å². The molecule has 1 aromatic rings. The first-order valence-electron chi connectivity index (χ1n) is 5.60. The lowest BCUT2D eigenvalue weighted by Crippen LogP contribution is -2.25. The maximum absolute atomic E-state index is 10.5. The molecule has 0 saturated heterocycles. The summed E-state index contributed by atoms with van der Waals surface area (Å²) in [5.74, 6) is 0.916. The molecule has 1 unspecified atom stereocenters. The third kappa shape index (κ3) is 3.28. The molecule has 1 N–H and O–H groups in total. The van der Waals surface area contributed by atoms with Gasteiger partial charge in [-0.2, -0.15) is 0 Å². The molecule has 1 aliphatic carbocycles. The van der Waals surface area contributed by atoms with Gasteiger partial charge in [0.15, 0.2) is 0 Å². The van der Waals surface area contributed by atoms with E-state index in [0.29, 0.717) is 6.04 Å². The van der Waals surface area contributed by atoms with Gasteiger partial charge in [-0.3, -0.25) is 10.1 Å². The maximum atomic E-state index is 10.5. The highest BCUT2D eigenvalue weighted by molar-refractivity contribution is 7.13. The number of hydrogen-bond acceptors (Lipinski definition) is 4. The zero-order chi connectivity index (χ0) is 11.5. The Morgan fingerprint density at radius 1 is 1.69 bits per heavy atom. The quantitative estimate of drug-likeness (QED) is 0.614. The highest BCUT2D eigenvalue weighted by Crippen LogP contribution is 2.33.